The summed E-state index contributed by atoms with van der Waals surface area (Å²) in [6, 6.07) is 26.4. The number of halogens is 1. The van der Waals surface area contributed by atoms with E-state index in [9.17, 15) is 4.79 Å². The highest BCUT2D eigenvalue weighted by molar-refractivity contribution is 14.1. The SMILES string of the molecule is O=C(Cc1ccc(I)cc1)Nc1nc2c(nc1/C=C/c1ccccc1)-c1ccccc1CC2. The van der Waals surface area contributed by atoms with E-state index in [1.165, 1.54) is 5.56 Å². The molecule has 4 nitrogen and oxygen atoms in total. The first kappa shape index (κ1) is 21.5. The van der Waals surface area contributed by atoms with Crippen LogP contribution in [0.1, 0.15) is 28.1 Å². The quantitative estimate of drug-likeness (QED) is 0.305. The molecule has 5 heteroatoms. The molecule has 0 fully saturated rings. The summed E-state index contributed by atoms with van der Waals surface area (Å²) in [4.78, 5) is 22.7. The summed E-state index contributed by atoms with van der Waals surface area (Å²) < 4.78 is 1.14. The minimum Gasteiger partial charge on any atom is -0.309 e. The molecule has 0 radical (unpaired) electrons. The average Bonchev–Trinajstić information content (AvgIpc) is 2.84. The Morgan fingerprint density at radius 3 is 2.45 bits per heavy atom. The third kappa shape index (κ3) is 5.03. The van der Waals surface area contributed by atoms with Crippen LogP contribution >= 0.6 is 22.6 Å². The number of anilines is 1. The van der Waals surface area contributed by atoms with Crippen LogP contribution in [-0.2, 0) is 24.1 Å². The lowest BCUT2D eigenvalue weighted by molar-refractivity contribution is -0.115. The van der Waals surface area contributed by atoms with Crippen molar-refractivity contribution in [3.63, 3.8) is 0 Å². The lowest BCUT2D eigenvalue weighted by atomic mass is 9.92. The Bertz CT molecular complexity index is 1330. The Morgan fingerprint density at radius 2 is 1.64 bits per heavy atom. The average molecular weight is 543 g/mol. The first-order valence-electron chi connectivity index (χ1n) is 10.9. The van der Waals surface area contributed by atoms with Crippen molar-refractivity contribution in [2.45, 2.75) is 19.3 Å². The third-order valence-electron chi connectivity index (χ3n) is 5.67. The Balaban J connectivity index is 1.50. The zero-order chi connectivity index (χ0) is 22.6. The van der Waals surface area contributed by atoms with Crippen molar-refractivity contribution in [1.29, 1.82) is 0 Å². The van der Waals surface area contributed by atoms with Crippen molar-refractivity contribution in [1.82, 2.24) is 9.97 Å². The van der Waals surface area contributed by atoms with E-state index in [1.54, 1.807) is 0 Å². The second-order valence-electron chi connectivity index (χ2n) is 8.01. The number of nitrogens with zero attached hydrogens (tertiary/aromatic N) is 2. The summed E-state index contributed by atoms with van der Waals surface area (Å²) in [6.07, 6.45) is 5.95. The maximum absolute atomic E-state index is 12.9. The number of aryl methyl sites for hydroxylation is 2. The Kier molecular flexibility index (Phi) is 6.30. The van der Waals surface area contributed by atoms with E-state index in [0.29, 0.717) is 17.9 Å². The molecular formula is C28H22IN3O. The van der Waals surface area contributed by atoms with E-state index >= 15 is 0 Å². The van der Waals surface area contributed by atoms with Gasteiger partial charge in [-0.1, -0.05) is 72.8 Å². The van der Waals surface area contributed by atoms with Gasteiger partial charge in [-0.3, -0.25) is 4.79 Å². The fraction of sp³-hybridized carbons (Fsp3) is 0.107. The zero-order valence-electron chi connectivity index (χ0n) is 18.0. The van der Waals surface area contributed by atoms with E-state index in [0.717, 1.165) is 44.5 Å². The maximum Gasteiger partial charge on any atom is 0.230 e. The third-order valence-corrected chi connectivity index (χ3v) is 6.39. The minimum atomic E-state index is -0.101. The molecule has 0 spiro atoms. The number of carbonyl (C=O) groups is 1. The van der Waals surface area contributed by atoms with Gasteiger partial charge >= 0.3 is 0 Å². The molecular weight excluding hydrogens is 521 g/mol. The number of amides is 1. The van der Waals surface area contributed by atoms with Crippen LogP contribution in [0, 0.1) is 3.57 Å². The fourth-order valence-corrected chi connectivity index (χ4v) is 4.37. The Hall–Kier alpha value is -3.32. The number of aromatic nitrogens is 2. The molecule has 5 rings (SSSR count). The molecule has 33 heavy (non-hydrogen) atoms. The maximum atomic E-state index is 12.9. The van der Waals surface area contributed by atoms with E-state index in [-0.39, 0.29) is 5.91 Å². The molecule has 0 atom stereocenters. The highest BCUT2D eigenvalue weighted by atomic mass is 127. The molecule has 0 unspecified atom stereocenters. The normalized spacial score (nSPS) is 12.3. The highest BCUT2D eigenvalue weighted by Gasteiger charge is 2.21. The molecule has 0 saturated heterocycles. The first-order chi connectivity index (χ1) is 16.2. The second-order valence-corrected chi connectivity index (χ2v) is 9.25. The van der Waals surface area contributed by atoms with Gasteiger partial charge in [-0.25, -0.2) is 9.97 Å². The predicted octanol–water partition coefficient (Wildman–Crippen LogP) is 6.20. The molecule has 1 amide bonds. The van der Waals surface area contributed by atoms with Crippen molar-refractivity contribution in [2.24, 2.45) is 0 Å². The van der Waals surface area contributed by atoms with Gasteiger partial charge in [-0.05, 0) is 70.3 Å². The van der Waals surface area contributed by atoms with Crippen LogP contribution < -0.4 is 5.32 Å². The van der Waals surface area contributed by atoms with E-state index in [4.69, 9.17) is 9.97 Å². The van der Waals surface area contributed by atoms with Gasteiger partial charge in [0.15, 0.2) is 5.82 Å². The van der Waals surface area contributed by atoms with Crippen LogP contribution in [0.3, 0.4) is 0 Å². The van der Waals surface area contributed by atoms with Crippen molar-refractivity contribution in [3.8, 4) is 11.3 Å². The molecule has 1 aromatic heterocycles. The van der Waals surface area contributed by atoms with Crippen molar-refractivity contribution >= 4 is 46.5 Å². The molecule has 0 saturated carbocycles. The van der Waals surface area contributed by atoms with Crippen LogP contribution in [0.2, 0.25) is 0 Å². The van der Waals surface area contributed by atoms with Gasteiger partial charge in [-0.15, -0.1) is 0 Å². The lowest BCUT2D eigenvalue weighted by Gasteiger charge is -2.20. The Morgan fingerprint density at radius 1 is 0.879 bits per heavy atom. The molecule has 1 N–H and O–H groups in total. The van der Waals surface area contributed by atoms with Gasteiger partial charge in [0, 0.05) is 9.13 Å². The minimum absolute atomic E-state index is 0.101. The van der Waals surface area contributed by atoms with Gasteiger partial charge in [0.25, 0.3) is 0 Å². The summed E-state index contributed by atoms with van der Waals surface area (Å²) in [6.45, 7) is 0. The number of benzene rings is 3. The molecule has 1 aliphatic carbocycles. The number of rotatable bonds is 5. The largest absolute Gasteiger partial charge is 0.309 e. The molecule has 1 heterocycles. The first-order valence-corrected chi connectivity index (χ1v) is 12.0. The smallest absolute Gasteiger partial charge is 0.230 e. The summed E-state index contributed by atoms with van der Waals surface area (Å²) in [7, 11) is 0. The van der Waals surface area contributed by atoms with Crippen LogP contribution in [0.15, 0.2) is 78.9 Å². The van der Waals surface area contributed by atoms with E-state index in [1.807, 2.05) is 72.8 Å². The van der Waals surface area contributed by atoms with Gasteiger partial charge in [0.1, 0.15) is 5.69 Å². The van der Waals surface area contributed by atoms with Gasteiger partial charge < -0.3 is 5.32 Å². The zero-order valence-corrected chi connectivity index (χ0v) is 20.1. The van der Waals surface area contributed by atoms with Gasteiger partial charge in [0.2, 0.25) is 5.91 Å². The summed E-state index contributed by atoms with van der Waals surface area (Å²) in [5, 5.41) is 3.02. The van der Waals surface area contributed by atoms with Crippen molar-refractivity contribution in [2.75, 3.05) is 5.32 Å². The Labute approximate surface area is 207 Å². The summed E-state index contributed by atoms with van der Waals surface area (Å²) >= 11 is 2.26. The topological polar surface area (TPSA) is 54.9 Å². The van der Waals surface area contributed by atoms with E-state index < -0.39 is 0 Å². The standard InChI is InChI=1S/C28H22IN3O/c29-22-14-10-20(11-15-22)18-26(33)32-28-25(16-12-19-6-2-1-3-7-19)30-27-23-9-5-4-8-21(23)13-17-24(27)31-28/h1-12,14-16H,13,17-18H2,(H,31,32,33)/b16-12+. The van der Waals surface area contributed by atoms with Gasteiger partial charge in [-0.2, -0.15) is 0 Å². The van der Waals surface area contributed by atoms with Crippen LogP contribution in [0.25, 0.3) is 23.4 Å². The number of hydrogen-bond donors (Lipinski definition) is 1. The number of hydrogen-bond acceptors (Lipinski definition) is 3. The van der Waals surface area contributed by atoms with Crippen molar-refractivity contribution < 1.29 is 4.79 Å². The second kappa shape index (κ2) is 9.67. The number of carbonyl (C=O) groups excluding carboxylic acids is 1. The van der Waals surface area contributed by atoms with Gasteiger partial charge in [0.05, 0.1) is 17.8 Å². The molecule has 4 aromatic rings. The number of fused-ring (bicyclic) bond motifs is 3. The monoisotopic (exact) mass is 543 g/mol. The van der Waals surface area contributed by atoms with Crippen LogP contribution in [0.5, 0.6) is 0 Å². The van der Waals surface area contributed by atoms with E-state index in [2.05, 4.69) is 46.1 Å². The molecule has 162 valence electrons. The summed E-state index contributed by atoms with van der Waals surface area (Å²) in [5.74, 6) is 0.409. The summed E-state index contributed by atoms with van der Waals surface area (Å²) in [5.41, 5.74) is 6.92. The lowest BCUT2D eigenvalue weighted by Crippen LogP contribution is -2.19. The molecule has 1 aliphatic rings. The van der Waals surface area contributed by atoms with Crippen LogP contribution in [-0.4, -0.2) is 15.9 Å². The van der Waals surface area contributed by atoms with Crippen molar-refractivity contribution in [3.05, 3.63) is 111 Å². The number of nitrogens with one attached hydrogen (secondary N) is 1. The van der Waals surface area contributed by atoms with Crippen LogP contribution in [0.4, 0.5) is 5.82 Å². The highest BCUT2D eigenvalue weighted by Crippen LogP contribution is 2.33. The molecule has 3 aromatic carbocycles. The fourth-order valence-electron chi connectivity index (χ4n) is 4.01. The molecule has 0 aliphatic heterocycles. The molecule has 0 bridgehead atoms. The predicted molar refractivity (Wildman–Crippen MR) is 142 cm³/mol.